The van der Waals surface area contributed by atoms with Crippen molar-refractivity contribution >= 4 is 45.9 Å². The van der Waals surface area contributed by atoms with Crippen LogP contribution >= 0.6 is 0 Å². The molecule has 1 aliphatic rings. The van der Waals surface area contributed by atoms with E-state index in [1.807, 2.05) is 6.20 Å². The Morgan fingerprint density at radius 2 is 0.800 bits per heavy atom. The zero-order chi connectivity index (χ0) is 33.3. The molecule has 7 aromatic carbocycles. The van der Waals surface area contributed by atoms with Gasteiger partial charge in [0, 0.05) is 28.3 Å². The second-order valence-corrected chi connectivity index (χ2v) is 16.4. The standard InChI is InChI=1S/C47H34N2Si/c1-5-15-35(16-6-1)37-25-29-39(30-26-37)49(40-31-27-38(28-32-40)36-17-7-2-8-18-36)44-33-34-48-46-43-23-13-14-24-45(43)50(47(44)46,41-19-9-3-10-20-41)42-21-11-4-12-22-42/h1-34H. The van der Waals surface area contributed by atoms with Gasteiger partial charge in [-0.25, -0.2) is 0 Å². The van der Waals surface area contributed by atoms with Crippen LogP contribution in [0, 0.1) is 0 Å². The fourth-order valence-electron chi connectivity index (χ4n) is 7.80. The van der Waals surface area contributed by atoms with Gasteiger partial charge >= 0.3 is 0 Å². The molecule has 0 unspecified atom stereocenters. The van der Waals surface area contributed by atoms with E-state index in [9.17, 15) is 0 Å². The van der Waals surface area contributed by atoms with Gasteiger partial charge < -0.3 is 4.90 Å². The van der Waals surface area contributed by atoms with Gasteiger partial charge in [0.15, 0.2) is 8.07 Å². The maximum Gasteiger partial charge on any atom is 0.185 e. The van der Waals surface area contributed by atoms with E-state index in [4.69, 9.17) is 4.98 Å². The van der Waals surface area contributed by atoms with Gasteiger partial charge in [0.2, 0.25) is 0 Å². The highest BCUT2D eigenvalue weighted by molar-refractivity contribution is 7.22. The number of anilines is 3. The van der Waals surface area contributed by atoms with Crippen molar-refractivity contribution in [3.63, 3.8) is 0 Å². The molecule has 3 heteroatoms. The highest BCUT2D eigenvalue weighted by Crippen LogP contribution is 2.40. The molecule has 1 aromatic heterocycles. The van der Waals surface area contributed by atoms with E-state index < -0.39 is 8.07 Å². The Balaban J connectivity index is 1.32. The molecule has 9 rings (SSSR count). The van der Waals surface area contributed by atoms with Crippen LogP contribution in [0.1, 0.15) is 0 Å². The maximum atomic E-state index is 5.19. The fourth-order valence-corrected chi connectivity index (χ4v) is 13.1. The molecule has 2 heterocycles. The molecule has 2 nitrogen and oxygen atoms in total. The molecule has 236 valence electrons. The molecular formula is C47H34N2Si. The van der Waals surface area contributed by atoms with Gasteiger partial charge in [0.05, 0.1) is 11.4 Å². The van der Waals surface area contributed by atoms with E-state index in [1.54, 1.807) is 0 Å². The summed E-state index contributed by atoms with van der Waals surface area (Å²) in [5.74, 6) is 0. The van der Waals surface area contributed by atoms with Crippen molar-refractivity contribution in [2.45, 2.75) is 0 Å². The summed E-state index contributed by atoms with van der Waals surface area (Å²) < 4.78 is 0. The number of fused-ring (bicyclic) bond motifs is 3. The Morgan fingerprint density at radius 3 is 1.30 bits per heavy atom. The lowest BCUT2D eigenvalue weighted by atomic mass is 10.0. The first-order valence-electron chi connectivity index (χ1n) is 17.1. The third-order valence-corrected chi connectivity index (χ3v) is 14.9. The summed E-state index contributed by atoms with van der Waals surface area (Å²) in [6.07, 6.45) is 2.00. The van der Waals surface area contributed by atoms with Crippen LogP contribution in [0.2, 0.25) is 0 Å². The van der Waals surface area contributed by atoms with E-state index in [-0.39, 0.29) is 0 Å². The second-order valence-electron chi connectivity index (χ2n) is 12.7. The summed E-state index contributed by atoms with van der Waals surface area (Å²) in [7, 11) is -2.83. The number of aromatic nitrogens is 1. The van der Waals surface area contributed by atoms with Crippen LogP contribution in [-0.4, -0.2) is 13.1 Å². The normalized spacial score (nSPS) is 12.6. The Hall–Kier alpha value is -6.29. The molecule has 50 heavy (non-hydrogen) atoms. The quantitative estimate of drug-likeness (QED) is 0.159. The summed E-state index contributed by atoms with van der Waals surface area (Å²) in [6, 6.07) is 72.7. The fraction of sp³-hybridized carbons (Fsp3) is 0. The lowest BCUT2D eigenvalue weighted by molar-refractivity contribution is 1.26. The van der Waals surface area contributed by atoms with Crippen LogP contribution in [0.4, 0.5) is 17.1 Å². The highest BCUT2D eigenvalue weighted by atomic mass is 28.3. The first-order valence-corrected chi connectivity index (χ1v) is 19.1. The van der Waals surface area contributed by atoms with Crippen LogP contribution < -0.4 is 25.6 Å². The second kappa shape index (κ2) is 12.6. The first kappa shape index (κ1) is 29.8. The molecule has 1 aliphatic heterocycles. The van der Waals surface area contributed by atoms with E-state index in [0.717, 1.165) is 22.8 Å². The third kappa shape index (κ3) is 4.90. The van der Waals surface area contributed by atoms with Crippen molar-refractivity contribution in [2.75, 3.05) is 4.90 Å². The van der Waals surface area contributed by atoms with Gasteiger partial charge in [0.25, 0.3) is 0 Å². The molecule has 0 saturated heterocycles. The third-order valence-electron chi connectivity index (χ3n) is 10.0. The monoisotopic (exact) mass is 654 g/mol. The Bertz CT molecular complexity index is 2270. The largest absolute Gasteiger partial charge is 0.310 e. The number of nitrogens with zero attached hydrogens (tertiary/aromatic N) is 2. The lowest BCUT2D eigenvalue weighted by Gasteiger charge is -2.35. The minimum absolute atomic E-state index is 1.07. The van der Waals surface area contributed by atoms with Gasteiger partial charge in [-0.1, -0.05) is 170 Å². The van der Waals surface area contributed by atoms with Crippen LogP contribution in [0.3, 0.4) is 0 Å². The molecule has 0 N–H and O–H groups in total. The van der Waals surface area contributed by atoms with Crippen molar-refractivity contribution in [3.05, 3.63) is 206 Å². The van der Waals surface area contributed by atoms with Crippen LogP contribution in [0.5, 0.6) is 0 Å². The maximum absolute atomic E-state index is 5.19. The number of hydrogen-bond donors (Lipinski definition) is 0. The molecule has 0 radical (unpaired) electrons. The molecule has 0 bridgehead atoms. The van der Waals surface area contributed by atoms with Crippen LogP contribution in [0.25, 0.3) is 33.5 Å². The predicted molar refractivity (Wildman–Crippen MR) is 212 cm³/mol. The van der Waals surface area contributed by atoms with Gasteiger partial charge in [-0.2, -0.15) is 0 Å². The average molecular weight is 655 g/mol. The van der Waals surface area contributed by atoms with E-state index in [1.165, 1.54) is 48.6 Å². The molecule has 8 aromatic rings. The summed E-state index contributed by atoms with van der Waals surface area (Å²) in [5, 5.41) is 5.40. The first-order chi connectivity index (χ1) is 24.8. The van der Waals surface area contributed by atoms with Crippen molar-refractivity contribution in [3.8, 4) is 33.5 Å². The van der Waals surface area contributed by atoms with E-state index >= 15 is 0 Å². The molecule has 0 saturated carbocycles. The lowest BCUT2D eigenvalue weighted by Crippen LogP contribution is -2.73. The zero-order valence-electron chi connectivity index (χ0n) is 27.5. The van der Waals surface area contributed by atoms with Gasteiger partial charge in [0.1, 0.15) is 0 Å². The number of benzene rings is 7. The smallest absolute Gasteiger partial charge is 0.185 e. The number of hydrogen-bond acceptors (Lipinski definition) is 2. The van der Waals surface area contributed by atoms with Crippen LogP contribution in [0.15, 0.2) is 206 Å². The molecule has 0 amide bonds. The zero-order valence-corrected chi connectivity index (χ0v) is 28.5. The molecule has 0 atom stereocenters. The molecule has 0 aliphatic carbocycles. The van der Waals surface area contributed by atoms with Gasteiger partial charge in [-0.05, 0) is 68.1 Å². The Labute approximate surface area is 294 Å². The van der Waals surface area contributed by atoms with E-state index in [0.29, 0.717) is 0 Å². The van der Waals surface area contributed by atoms with Crippen molar-refractivity contribution < 1.29 is 0 Å². The van der Waals surface area contributed by atoms with Crippen LogP contribution in [-0.2, 0) is 0 Å². The Kier molecular flexibility index (Phi) is 7.53. The minimum Gasteiger partial charge on any atom is -0.310 e. The molecular weight excluding hydrogens is 621 g/mol. The summed E-state index contributed by atoms with van der Waals surface area (Å²) in [4.78, 5) is 7.64. The SMILES string of the molecule is c1ccc(-c2ccc(N(c3ccc(-c4ccccc4)cc3)c3ccnc4c3[Si](c3ccccc3)(c3ccccc3)c3ccccc3-4)cc2)cc1. The van der Waals surface area contributed by atoms with Gasteiger partial charge in [-0.3, -0.25) is 4.98 Å². The van der Waals surface area contributed by atoms with Crippen molar-refractivity contribution in [1.29, 1.82) is 0 Å². The minimum atomic E-state index is -2.83. The van der Waals surface area contributed by atoms with E-state index in [2.05, 4.69) is 205 Å². The summed E-state index contributed by atoms with van der Waals surface area (Å²) in [6.45, 7) is 0. The predicted octanol–water partition coefficient (Wildman–Crippen LogP) is 9.24. The van der Waals surface area contributed by atoms with Gasteiger partial charge in [-0.15, -0.1) is 0 Å². The Morgan fingerprint density at radius 1 is 0.380 bits per heavy atom. The number of rotatable bonds is 7. The number of pyridine rings is 1. The summed E-state index contributed by atoms with van der Waals surface area (Å²) in [5.41, 5.74) is 10.5. The molecule has 0 fully saturated rings. The summed E-state index contributed by atoms with van der Waals surface area (Å²) >= 11 is 0. The topological polar surface area (TPSA) is 16.1 Å². The molecule has 0 spiro atoms. The van der Waals surface area contributed by atoms with Crippen molar-refractivity contribution in [2.24, 2.45) is 0 Å². The average Bonchev–Trinajstić information content (AvgIpc) is 3.52. The highest BCUT2D eigenvalue weighted by Gasteiger charge is 2.51. The van der Waals surface area contributed by atoms with Crippen molar-refractivity contribution in [1.82, 2.24) is 4.98 Å².